The van der Waals surface area contributed by atoms with Gasteiger partial charge in [0.2, 0.25) is 0 Å². The van der Waals surface area contributed by atoms with Crippen molar-refractivity contribution in [3.63, 3.8) is 0 Å². The van der Waals surface area contributed by atoms with Gasteiger partial charge in [0, 0.05) is 53.4 Å². The van der Waals surface area contributed by atoms with Crippen molar-refractivity contribution in [3.8, 4) is 50.9 Å². The zero-order valence-corrected chi connectivity index (χ0v) is 34.9. The van der Waals surface area contributed by atoms with Gasteiger partial charge in [-0.25, -0.2) is 0 Å². The molecule has 4 nitrogen and oxygen atoms in total. The summed E-state index contributed by atoms with van der Waals surface area (Å²) in [7, 11) is 0. The van der Waals surface area contributed by atoms with Crippen molar-refractivity contribution < 1.29 is 9.47 Å². The molecule has 0 spiro atoms. The van der Waals surface area contributed by atoms with Crippen LogP contribution in [0.1, 0.15) is 25.0 Å². The summed E-state index contributed by atoms with van der Waals surface area (Å²) in [5.74, 6) is 2.79. The fourth-order valence-corrected chi connectivity index (χ4v) is 11.2. The average molecular weight is 815 g/mol. The highest BCUT2D eigenvalue weighted by Gasteiger charge is 2.38. The minimum Gasteiger partial charge on any atom is -0.449 e. The molecule has 3 heterocycles. The predicted molar refractivity (Wildman–Crippen MR) is 258 cm³/mol. The first-order valence-corrected chi connectivity index (χ1v) is 22.0. The minimum absolute atomic E-state index is 0.174. The molecule has 0 bridgehead atoms. The molecule has 0 amide bonds. The Morgan fingerprint density at radius 2 is 1.13 bits per heavy atom. The monoisotopic (exact) mass is 814 g/mol. The first kappa shape index (κ1) is 35.2. The SMILES string of the molecule is CC1(C)c2ccccc2-c2cc3c(cc21)Oc1c(cccc1N(c1ccc(-c2ccc4sc5ccccc5c4c2)cc1)c1cccc(-n2c4ccccc4c4ccccc42)c1)O3. The molecule has 0 atom stereocenters. The maximum absolute atomic E-state index is 7.06. The summed E-state index contributed by atoms with van der Waals surface area (Å²) in [6.45, 7) is 4.59. The highest BCUT2D eigenvalue weighted by molar-refractivity contribution is 7.25. The van der Waals surface area contributed by atoms with Crippen LogP contribution >= 0.6 is 11.3 Å². The van der Waals surface area contributed by atoms with Gasteiger partial charge in [-0.2, -0.15) is 0 Å². The summed E-state index contributed by atoms with van der Waals surface area (Å²) in [6.07, 6.45) is 0. The van der Waals surface area contributed by atoms with Gasteiger partial charge in [0.1, 0.15) is 0 Å². The quantitative estimate of drug-likeness (QED) is 0.173. The molecule has 11 aromatic rings. The molecule has 0 saturated carbocycles. The molecule has 9 aromatic carbocycles. The number of hydrogen-bond donors (Lipinski definition) is 0. The lowest BCUT2D eigenvalue weighted by Gasteiger charge is -2.31. The molecule has 0 saturated heterocycles. The summed E-state index contributed by atoms with van der Waals surface area (Å²) in [6, 6.07) is 69.8. The summed E-state index contributed by atoms with van der Waals surface area (Å²) in [5.41, 5.74) is 13.5. The molecule has 0 radical (unpaired) electrons. The summed E-state index contributed by atoms with van der Waals surface area (Å²) in [4.78, 5) is 2.30. The number of benzene rings is 9. The van der Waals surface area contributed by atoms with Crippen LogP contribution < -0.4 is 14.4 Å². The molecule has 2 aromatic heterocycles. The topological polar surface area (TPSA) is 26.6 Å². The maximum atomic E-state index is 7.06. The van der Waals surface area contributed by atoms with E-state index in [0.717, 1.165) is 39.8 Å². The molecule has 294 valence electrons. The summed E-state index contributed by atoms with van der Waals surface area (Å²) < 4.78 is 18.9. The van der Waals surface area contributed by atoms with E-state index in [0.29, 0.717) is 11.5 Å². The van der Waals surface area contributed by atoms with Crippen LogP contribution in [-0.2, 0) is 5.41 Å². The Bertz CT molecular complexity index is 3580. The molecular weight excluding hydrogens is 777 g/mol. The van der Waals surface area contributed by atoms with Gasteiger partial charge in [-0.15, -0.1) is 11.3 Å². The van der Waals surface area contributed by atoms with Gasteiger partial charge in [-0.1, -0.05) is 123 Å². The van der Waals surface area contributed by atoms with Crippen molar-refractivity contribution in [2.75, 3.05) is 4.90 Å². The summed E-state index contributed by atoms with van der Waals surface area (Å²) in [5, 5.41) is 5.06. The maximum Gasteiger partial charge on any atom is 0.194 e. The summed E-state index contributed by atoms with van der Waals surface area (Å²) >= 11 is 1.85. The van der Waals surface area contributed by atoms with Crippen molar-refractivity contribution in [3.05, 3.63) is 205 Å². The van der Waals surface area contributed by atoms with E-state index in [1.54, 1.807) is 0 Å². The Balaban J connectivity index is 0.964. The fourth-order valence-electron chi connectivity index (χ4n) is 10.1. The number of aromatic nitrogens is 1. The average Bonchev–Trinajstić information content (AvgIpc) is 3.93. The normalized spacial score (nSPS) is 13.4. The number of thiophene rings is 1. The minimum atomic E-state index is -0.174. The Hall–Kier alpha value is -7.60. The number of para-hydroxylation sites is 3. The Morgan fingerprint density at radius 3 is 1.95 bits per heavy atom. The highest BCUT2D eigenvalue weighted by atomic mass is 32.1. The smallest absolute Gasteiger partial charge is 0.194 e. The van der Waals surface area contributed by atoms with Gasteiger partial charge in [0.15, 0.2) is 23.0 Å². The third-order valence-corrected chi connectivity index (χ3v) is 14.2. The van der Waals surface area contributed by atoms with E-state index in [1.165, 1.54) is 69.8 Å². The molecule has 62 heavy (non-hydrogen) atoms. The molecule has 1 aliphatic carbocycles. The molecule has 2 aliphatic rings. The predicted octanol–water partition coefficient (Wildman–Crippen LogP) is 16.5. The Kier molecular flexibility index (Phi) is 7.49. The molecular formula is C57H38N2O2S. The third kappa shape index (κ3) is 5.19. The largest absolute Gasteiger partial charge is 0.449 e. The standard InChI is InChI=1S/C57H38N2O2S/c1-57(2)46-19-7-3-15-40(46)44-33-52-53(34-47(44)57)61-56-50(22-12-23-51(56)60-52)58(37-28-25-35(26-29-37)36-27-30-55-45(31-36)43-18-6-10-24-54(43)62-55)38-13-11-14-39(32-38)59-48-20-8-4-16-41(48)42-17-5-9-21-49(42)59/h3-34H,1-2H3. The van der Waals surface area contributed by atoms with E-state index in [4.69, 9.17) is 9.47 Å². The van der Waals surface area contributed by atoms with E-state index in [2.05, 4.69) is 211 Å². The first-order valence-electron chi connectivity index (χ1n) is 21.2. The van der Waals surface area contributed by atoms with Gasteiger partial charge in [-0.3, -0.25) is 0 Å². The number of ether oxygens (including phenoxy) is 2. The number of nitrogens with zero attached hydrogens (tertiary/aromatic N) is 2. The van der Waals surface area contributed by atoms with E-state index < -0.39 is 0 Å². The van der Waals surface area contributed by atoms with Gasteiger partial charge < -0.3 is 18.9 Å². The van der Waals surface area contributed by atoms with Crippen molar-refractivity contribution in [1.82, 2.24) is 4.57 Å². The van der Waals surface area contributed by atoms with Gasteiger partial charge >= 0.3 is 0 Å². The van der Waals surface area contributed by atoms with E-state index in [9.17, 15) is 0 Å². The lowest BCUT2D eigenvalue weighted by atomic mass is 9.82. The van der Waals surface area contributed by atoms with E-state index in [-0.39, 0.29) is 5.41 Å². The second kappa shape index (κ2) is 13.2. The molecule has 5 heteroatoms. The van der Waals surface area contributed by atoms with Crippen LogP contribution in [0.15, 0.2) is 194 Å². The van der Waals surface area contributed by atoms with Crippen molar-refractivity contribution in [1.29, 1.82) is 0 Å². The van der Waals surface area contributed by atoms with Gasteiger partial charge in [-0.05, 0) is 118 Å². The lowest BCUT2D eigenvalue weighted by Crippen LogP contribution is -2.16. The van der Waals surface area contributed by atoms with Crippen LogP contribution in [-0.4, -0.2) is 4.57 Å². The van der Waals surface area contributed by atoms with Crippen molar-refractivity contribution in [2.24, 2.45) is 0 Å². The van der Waals surface area contributed by atoms with Gasteiger partial charge in [0.25, 0.3) is 0 Å². The fraction of sp³-hybridized carbons (Fsp3) is 0.0526. The zero-order chi connectivity index (χ0) is 41.1. The van der Waals surface area contributed by atoms with Crippen LogP contribution in [0.25, 0.3) is 69.9 Å². The molecule has 0 unspecified atom stereocenters. The van der Waals surface area contributed by atoms with Crippen LogP contribution in [0.3, 0.4) is 0 Å². The lowest BCUT2D eigenvalue weighted by molar-refractivity contribution is 0.360. The first-order chi connectivity index (χ1) is 30.5. The molecule has 13 rings (SSSR count). The molecule has 1 aliphatic heterocycles. The van der Waals surface area contributed by atoms with E-state index >= 15 is 0 Å². The number of rotatable bonds is 5. The van der Waals surface area contributed by atoms with E-state index in [1.807, 2.05) is 17.4 Å². The van der Waals surface area contributed by atoms with Crippen LogP contribution in [0.5, 0.6) is 23.0 Å². The van der Waals surface area contributed by atoms with Crippen LogP contribution in [0.4, 0.5) is 17.1 Å². The van der Waals surface area contributed by atoms with Crippen LogP contribution in [0.2, 0.25) is 0 Å². The van der Waals surface area contributed by atoms with Crippen LogP contribution in [0, 0.1) is 0 Å². The Labute approximate surface area is 363 Å². The second-order valence-corrected chi connectivity index (χ2v) is 18.0. The number of anilines is 3. The van der Waals surface area contributed by atoms with Crippen molar-refractivity contribution in [2.45, 2.75) is 19.3 Å². The molecule has 0 N–H and O–H groups in total. The van der Waals surface area contributed by atoms with Crippen molar-refractivity contribution >= 4 is 70.4 Å². The number of fused-ring (bicyclic) bond motifs is 11. The zero-order valence-electron chi connectivity index (χ0n) is 34.1. The van der Waals surface area contributed by atoms with Gasteiger partial charge in [0.05, 0.1) is 16.7 Å². The second-order valence-electron chi connectivity index (χ2n) is 16.9. The highest BCUT2D eigenvalue weighted by Crippen LogP contribution is 2.57. The molecule has 0 fully saturated rings. The Morgan fingerprint density at radius 1 is 0.452 bits per heavy atom. The number of hydrogen-bond acceptors (Lipinski definition) is 4. The third-order valence-electron chi connectivity index (χ3n) is 13.0.